The first kappa shape index (κ1) is 17.9. The highest BCUT2D eigenvalue weighted by molar-refractivity contribution is 5.91. The van der Waals surface area contributed by atoms with Crippen molar-refractivity contribution in [2.75, 3.05) is 17.7 Å². The lowest BCUT2D eigenvalue weighted by atomic mass is 10.1. The maximum absolute atomic E-state index is 12.1. The van der Waals surface area contributed by atoms with Crippen LogP contribution in [0.1, 0.15) is 31.4 Å². The number of rotatable bonds is 7. The molecule has 2 aromatic rings. The van der Waals surface area contributed by atoms with Crippen molar-refractivity contribution in [1.29, 1.82) is 0 Å². The zero-order valence-corrected chi connectivity index (χ0v) is 14.6. The van der Waals surface area contributed by atoms with Gasteiger partial charge in [0.15, 0.2) is 0 Å². The van der Waals surface area contributed by atoms with E-state index in [1.165, 1.54) is 0 Å². The van der Waals surface area contributed by atoms with Crippen LogP contribution in [-0.2, 0) is 11.2 Å². The van der Waals surface area contributed by atoms with E-state index >= 15 is 0 Å². The van der Waals surface area contributed by atoms with Crippen LogP contribution in [0.3, 0.4) is 0 Å². The van der Waals surface area contributed by atoms with Gasteiger partial charge in [-0.3, -0.25) is 4.79 Å². The number of anilines is 2. The third-order valence-corrected chi connectivity index (χ3v) is 3.71. The van der Waals surface area contributed by atoms with Crippen LogP contribution in [0.2, 0.25) is 0 Å². The molecule has 0 aliphatic rings. The van der Waals surface area contributed by atoms with Crippen molar-refractivity contribution < 1.29 is 9.53 Å². The van der Waals surface area contributed by atoms with Crippen LogP contribution in [0.25, 0.3) is 0 Å². The van der Waals surface area contributed by atoms with E-state index in [1.807, 2.05) is 49.4 Å². The van der Waals surface area contributed by atoms with Crippen molar-refractivity contribution in [2.24, 2.45) is 5.92 Å². The molecule has 3 N–H and O–H groups in total. The van der Waals surface area contributed by atoms with E-state index < -0.39 is 0 Å². The molecule has 0 unspecified atom stereocenters. The summed E-state index contributed by atoms with van der Waals surface area (Å²) in [6.45, 7) is 6.81. The van der Waals surface area contributed by atoms with Gasteiger partial charge >= 0.3 is 0 Å². The molecule has 128 valence electrons. The normalized spacial score (nSPS) is 10.7. The molecule has 0 aliphatic heterocycles. The molecule has 0 bridgehead atoms. The van der Waals surface area contributed by atoms with Crippen molar-refractivity contribution in [1.82, 2.24) is 0 Å². The summed E-state index contributed by atoms with van der Waals surface area (Å²) in [6, 6.07) is 13.5. The monoisotopic (exact) mass is 326 g/mol. The molecular weight excluding hydrogens is 300 g/mol. The molecule has 0 radical (unpaired) electrons. The molecule has 0 spiro atoms. The minimum atomic E-state index is 0.00278. The van der Waals surface area contributed by atoms with Crippen molar-refractivity contribution in [3.63, 3.8) is 0 Å². The first-order valence-corrected chi connectivity index (χ1v) is 8.32. The zero-order chi connectivity index (χ0) is 17.5. The Morgan fingerprint density at radius 3 is 2.62 bits per heavy atom. The fourth-order valence-electron chi connectivity index (χ4n) is 2.33. The third kappa shape index (κ3) is 5.30. The molecule has 0 aromatic heterocycles. The lowest BCUT2D eigenvalue weighted by molar-refractivity contribution is -0.116. The predicted molar refractivity (Wildman–Crippen MR) is 99.3 cm³/mol. The molecular formula is C20H26N2O2. The molecule has 0 saturated carbocycles. The second kappa shape index (κ2) is 8.39. The maximum atomic E-state index is 12.1. The third-order valence-electron chi connectivity index (χ3n) is 3.71. The average Bonchev–Trinajstić information content (AvgIpc) is 2.54. The van der Waals surface area contributed by atoms with E-state index in [1.54, 1.807) is 0 Å². The van der Waals surface area contributed by atoms with Gasteiger partial charge in [0.25, 0.3) is 0 Å². The van der Waals surface area contributed by atoms with Gasteiger partial charge in [0.2, 0.25) is 5.91 Å². The Bertz CT molecular complexity index is 696. The Morgan fingerprint density at radius 1 is 1.21 bits per heavy atom. The van der Waals surface area contributed by atoms with E-state index in [-0.39, 0.29) is 5.91 Å². The largest absolute Gasteiger partial charge is 0.491 e. The van der Waals surface area contributed by atoms with Crippen LogP contribution in [0.15, 0.2) is 42.5 Å². The molecule has 2 rings (SSSR count). The summed E-state index contributed by atoms with van der Waals surface area (Å²) >= 11 is 0. The molecule has 4 heteroatoms. The van der Waals surface area contributed by atoms with E-state index in [2.05, 4.69) is 19.2 Å². The molecule has 0 atom stereocenters. The van der Waals surface area contributed by atoms with Crippen LogP contribution < -0.4 is 15.8 Å². The number of nitrogens with two attached hydrogens (primary N) is 1. The summed E-state index contributed by atoms with van der Waals surface area (Å²) in [7, 11) is 0. The van der Waals surface area contributed by atoms with E-state index in [9.17, 15) is 4.79 Å². The standard InChI is InChI=1S/C20H26N2O2/c1-14(2)13-24-19-10-8-16(12-17(19)21)9-11-20(23)22-18-7-5-4-6-15(18)3/h4-8,10,12,14H,9,11,13,21H2,1-3H3,(H,22,23). The number of ether oxygens (including phenoxy) is 1. The number of nitrogens with one attached hydrogen (secondary N) is 1. The lowest BCUT2D eigenvalue weighted by Gasteiger charge is -2.12. The van der Waals surface area contributed by atoms with Crippen molar-refractivity contribution in [3.8, 4) is 5.75 Å². The van der Waals surface area contributed by atoms with Crippen molar-refractivity contribution in [2.45, 2.75) is 33.6 Å². The first-order valence-electron chi connectivity index (χ1n) is 8.32. The molecule has 0 aliphatic carbocycles. The maximum Gasteiger partial charge on any atom is 0.224 e. The molecule has 0 saturated heterocycles. The molecule has 0 heterocycles. The number of para-hydroxylation sites is 1. The Morgan fingerprint density at radius 2 is 1.96 bits per heavy atom. The van der Waals surface area contributed by atoms with Crippen LogP contribution in [0.5, 0.6) is 5.75 Å². The fraction of sp³-hybridized carbons (Fsp3) is 0.350. The quantitative estimate of drug-likeness (QED) is 0.750. The van der Waals surface area contributed by atoms with Gasteiger partial charge in [0.1, 0.15) is 5.75 Å². The molecule has 24 heavy (non-hydrogen) atoms. The molecule has 0 fully saturated rings. The second-order valence-electron chi connectivity index (χ2n) is 6.44. The SMILES string of the molecule is Cc1ccccc1NC(=O)CCc1ccc(OCC(C)C)c(N)c1. The summed E-state index contributed by atoms with van der Waals surface area (Å²) < 4.78 is 5.67. The highest BCUT2D eigenvalue weighted by atomic mass is 16.5. The number of amides is 1. The van der Waals surface area contributed by atoms with E-state index in [0.717, 1.165) is 16.8 Å². The summed E-state index contributed by atoms with van der Waals surface area (Å²) in [4.78, 5) is 12.1. The number of carbonyl (C=O) groups excluding carboxylic acids is 1. The Kier molecular flexibility index (Phi) is 6.24. The minimum absolute atomic E-state index is 0.00278. The van der Waals surface area contributed by atoms with Gasteiger partial charge in [-0.25, -0.2) is 0 Å². The van der Waals surface area contributed by atoms with E-state index in [4.69, 9.17) is 10.5 Å². The van der Waals surface area contributed by atoms with Gasteiger partial charge in [-0.15, -0.1) is 0 Å². The Hall–Kier alpha value is -2.49. The lowest BCUT2D eigenvalue weighted by Crippen LogP contribution is -2.13. The number of hydrogen-bond donors (Lipinski definition) is 2. The highest BCUT2D eigenvalue weighted by Crippen LogP contribution is 2.24. The van der Waals surface area contributed by atoms with Gasteiger partial charge in [0.05, 0.1) is 12.3 Å². The number of benzene rings is 2. The number of aryl methyl sites for hydroxylation is 2. The van der Waals surface area contributed by atoms with Gasteiger partial charge in [-0.05, 0) is 48.6 Å². The summed E-state index contributed by atoms with van der Waals surface area (Å²) in [5.74, 6) is 1.16. The molecule has 2 aromatic carbocycles. The average molecular weight is 326 g/mol. The van der Waals surface area contributed by atoms with Gasteiger partial charge < -0.3 is 15.8 Å². The number of carbonyl (C=O) groups is 1. The summed E-state index contributed by atoms with van der Waals surface area (Å²) in [5, 5.41) is 2.94. The second-order valence-corrected chi connectivity index (χ2v) is 6.44. The Labute approximate surface area is 144 Å². The minimum Gasteiger partial charge on any atom is -0.491 e. The highest BCUT2D eigenvalue weighted by Gasteiger charge is 2.07. The fourth-order valence-corrected chi connectivity index (χ4v) is 2.33. The van der Waals surface area contributed by atoms with Crippen molar-refractivity contribution >= 4 is 17.3 Å². The first-order chi connectivity index (χ1) is 11.5. The Balaban J connectivity index is 1.88. The number of hydrogen-bond acceptors (Lipinski definition) is 3. The topological polar surface area (TPSA) is 64.3 Å². The van der Waals surface area contributed by atoms with Crippen LogP contribution >= 0.6 is 0 Å². The van der Waals surface area contributed by atoms with Crippen LogP contribution in [0.4, 0.5) is 11.4 Å². The van der Waals surface area contributed by atoms with Gasteiger partial charge in [-0.2, -0.15) is 0 Å². The summed E-state index contributed by atoms with van der Waals surface area (Å²) in [6.07, 6.45) is 1.06. The molecule has 4 nitrogen and oxygen atoms in total. The van der Waals surface area contributed by atoms with Gasteiger partial charge in [-0.1, -0.05) is 38.1 Å². The smallest absolute Gasteiger partial charge is 0.224 e. The molecule has 1 amide bonds. The van der Waals surface area contributed by atoms with Gasteiger partial charge in [0, 0.05) is 12.1 Å². The summed E-state index contributed by atoms with van der Waals surface area (Å²) in [5.41, 5.74) is 9.60. The zero-order valence-electron chi connectivity index (χ0n) is 14.6. The van der Waals surface area contributed by atoms with E-state index in [0.29, 0.717) is 36.8 Å². The predicted octanol–water partition coefficient (Wildman–Crippen LogP) is 4.18. The van der Waals surface area contributed by atoms with Crippen LogP contribution in [-0.4, -0.2) is 12.5 Å². The van der Waals surface area contributed by atoms with Crippen molar-refractivity contribution in [3.05, 3.63) is 53.6 Å². The number of nitrogen functional groups attached to an aromatic ring is 1. The van der Waals surface area contributed by atoms with Crippen LogP contribution in [0, 0.1) is 12.8 Å².